The molecular weight excluding hydrogens is 210 g/mol. The summed E-state index contributed by atoms with van der Waals surface area (Å²) < 4.78 is 5.54. The lowest BCUT2D eigenvalue weighted by molar-refractivity contribution is -0.0613. The number of aromatic nitrogens is 1. The molecule has 0 saturated carbocycles. The van der Waals surface area contributed by atoms with Crippen molar-refractivity contribution in [1.82, 2.24) is 4.98 Å². The Morgan fingerprint density at radius 1 is 1.67 bits per heavy atom. The van der Waals surface area contributed by atoms with Crippen molar-refractivity contribution in [1.29, 1.82) is 0 Å². The van der Waals surface area contributed by atoms with E-state index in [0.717, 1.165) is 36.6 Å². The highest BCUT2D eigenvalue weighted by atomic mass is 32.1. The molecule has 1 aromatic rings. The highest BCUT2D eigenvalue weighted by molar-refractivity contribution is 7.09. The predicted molar refractivity (Wildman–Crippen MR) is 60.2 cm³/mol. The topological polar surface area (TPSA) is 42.4 Å². The fourth-order valence-corrected chi connectivity index (χ4v) is 2.54. The number of ether oxygens (including phenoxy) is 1. The van der Waals surface area contributed by atoms with Crippen LogP contribution in [0.25, 0.3) is 0 Å². The number of aliphatic hydroxyl groups is 1. The molecule has 0 aromatic carbocycles. The van der Waals surface area contributed by atoms with Crippen LogP contribution in [0, 0.1) is 6.92 Å². The minimum absolute atomic E-state index is 0.0146. The average molecular weight is 227 g/mol. The van der Waals surface area contributed by atoms with Crippen molar-refractivity contribution in [3.05, 3.63) is 16.1 Å². The zero-order valence-corrected chi connectivity index (χ0v) is 9.80. The zero-order chi connectivity index (χ0) is 10.7. The summed E-state index contributed by atoms with van der Waals surface area (Å²) >= 11 is 1.63. The summed E-state index contributed by atoms with van der Waals surface area (Å²) in [5, 5.41) is 13.0. The van der Waals surface area contributed by atoms with E-state index in [9.17, 15) is 5.11 Å². The van der Waals surface area contributed by atoms with Crippen LogP contribution >= 0.6 is 11.3 Å². The van der Waals surface area contributed by atoms with Gasteiger partial charge in [0.15, 0.2) is 0 Å². The first kappa shape index (κ1) is 11.0. The lowest BCUT2D eigenvalue weighted by atomic mass is 10.0. The molecule has 2 unspecified atom stereocenters. The molecule has 0 aliphatic carbocycles. The SMILES string of the molecule is Cc1nc(CC(O)C2CCCCO2)cs1. The van der Waals surface area contributed by atoms with E-state index in [-0.39, 0.29) is 6.10 Å². The Bertz CT molecular complexity index is 307. The first-order chi connectivity index (χ1) is 7.25. The van der Waals surface area contributed by atoms with Gasteiger partial charge in [0.25, 0.3) is 0 Å². The van der Waals surface area contributed by atoms with Gasteiger partial charge in [0.1, 0.15) is 0 Å². The van der Waals surface area contributed by atoms with Crippen molar-refractivity contribution in [2.75, 3.05) is 6.61 Å². The van der Waals surface area contributed by atoms with Crippen LogP contribution in [0.3, 0.4) is 0 Å². The van der Waals surface area contributed by atoms with Crippen molar-refractivity contribution >= 4 is 11.3 Å². The van der Waals surface area contributed by atoms with Crippen LogP contribution in [-0.2, 0) is 11.2 Å². The maximum Gasteiger partial charge on any atom is 0.0897 e. The molecule has 15 heavy (non-hydrogen) atoms. The fourth-order valence-electron chi connectivity index (χ4n) is 1.92. The number of rotatable bonds is 3. The lowest BCUT2D eigenvalue weighted by Crippen LogP contribution is -2.33. The quantitative estimate of drug-likeness (QED) is 0.858. The Labute approximate surface area is 94.1 Å². The minimum Gasteiger partial charge on any atom is -0.390 e. The first-order valence-corrected chi connectivity index (χ1v) is 6.34. The van der Waals surface area contributed by atoms with Crippen molar-refractivity contribution in [3.63, 3.8) is 0 Å². The predicted octanol–water partition coefficient (Wildman–Crippen LogP) is 1.92. The molecule has 84 valence electrons. The molecule has 1 N–H and O–H groups in total. The molecule has 0 radical (unpaired) electrons. The molecule has 1 fully saturated rings. The van der Waals surface area contributed by atoms with Gasteiger partial charge in [0, 0.05) is 18.4 Å². The number of thiazole rings is 1. The average Bonchev–Trinajstić information content (AvgIpc) is 2.65. The first-order valence-electron chi connectivity index (χ1n) is 5.46. The standard InChI is InChI=1S/C11H17NO2S/c1-8-12-9(7-15-8)6-10(13)11-4-2-3-5-14-11/h7,10-11,13H,2-6H2,1H3. The maximum absolute atomic E-state index is 9.98. The van der Waals surface area contributed by atoms with Gasteiger partial charge in [-0.2, -0.15) is 0 Å². The molecule has 2 atom stereocenters. The van der Waals surface area contributed by atoms with E-state index >= 15 is 0 Å². The maximum atomic E-state index is 9.98. The third-order valence-electron chi connectivity index (χ3n) is 2.73. The molecule has 2 heterocycles. The van der Waals surface area contributed by atoms with Crippen molar-refractivity contribution in [3.8, 4) is 0 Å². The molecule has 2 rings (SSSR count). The third-order valence-corrected chi connectivity index (χ3v) is 3.55. The molecule has 1 aliphatic rings. The molecule has 1 aromatic heterocycles. The summed E-state index contributed by atoms with van der Waals surface area (Å²) in [6.07, 6.45) is 3.50. The minimum atomic E-state index is -0.396. The van der Waals surface area contributed by atoms with Gasteiger partial charge in [-0.25, -0.2) is 4.98 Å². The number of aliphatic hydroxyl groups excluding tert-OH is 1. The van der Waals surface area contributed by atoms with E-state index in [1.54, 1.807) is 11.3 Å². The van der Waals surface area contributed by atoms with Gasteiger partial charge in [-0.1, -0.05) is 0 Å². The van der Waals surface area contributed by atoms with Crippen molar-refractivity contribution in [2.45, 2.75) is 44.8 Å². The van der Waals surface area contributed by atoms with Gasteiger partial charge in [0.05, 0.1) is 22.9 Å². The number of hydrogen-bond donors (Lipinski definition) is 1. The van der Waals surface area contributed by atoms with Gasteiger partial charge in [-0.15, -0.1) is 11.3 Å². The summed E-state index contributed by atoms with van der Waals surface area (Å²) in [5.74, 6) is 0. The van der Waals surface area contributed by atoms with Crippen LogP contribution in [-0.4, -0.2) is 28.9 Å². The Morgan fingerprint density at radius 3 is 3.13 bits per heavy atom. The van der Waals surface area contributed by atoms with Crippen molar-refractivity contribution < 1.29 is 9.84 Å². The molecule has 0 spiro atoms. The van der Waals surface area contributed by atoms with Crippen LogP contribution in [0.1, 0.15) is 30.0 Å². The van der Waals surface area contributed by atoms with Gasteiger partial charge < -0.3 is 9.84 Å². The molecule has 0 bridgehead atoms. The zero-order valence-electron chi connectivity index (χ0n) is 8.98. The van der Waals surface area contributed by atoms with E-state index in [2.05, 4.69) is 4.98 Å². The Balaban J connectivity index is 1.88. The largest absolute Gasteiger partial charge is 0.390 e. The lowest BCUT2D eigenvalue weighted by Gasteiger charge is -2.26. The van der Waals surface area contributed by atoms with Gasteiger partial charge in [0.2, 0.25) is 0 Å². The molecule has 0 amide bonds. The Kier molecular flexibility index (Phi) is 3.72. The van der Waals surface area contributed by atoms with Gasteiger partial charge in [-0.05, 0) is 26.2 Å². The van der Waals surface area contributed by atoms with E-state index in [4.69, 9.17) is 4.74 Å². The van der Waals surface area contributed by atoms with Crippen LogP contribution in [0.5, 0.6) is 0 Å². The van der Waals surface area contributed by atoms with E-state index < -0.39 is 6.10 Å². The fraction of sp³-hybridized carbons (Fsp3) is 0.727. The number of aryl methyl sites for hydroxylation is 1. The Hall–Kier alpha value is -0.450. The highest BCUT2D eigenvalue weighted by Crippen LogP contribution is 2.19. The summed E-state index contributed by atoms with van der Waals surface area (Å²) in [6, 6.07) is 0. The van der Waals surface area contributed by atoms with Crippen LogP contribution in [0.2, 0.25) is 0 Å². The summed E-state index contributed by atoms with van der Waals surface area (Å²) in [5.41, 5.74) is 0.985. The van der Waals surface area contributed by atoms with E-state index in [1.807, 2.05) is 12.3 Å². The smallest absolute Gasteiger partial charge is 0.0897 e. The second-order valence-electron chi connectivity index (χ2n) is 4.03. The second kappa shape index (κ2) is 5.05. The number of nitrogens with zero attached hydrogens (tertiary/aromatic N) is 1. The second-order valence-corrected chi connectivity index (χ2v) is 5.10. The van der Waals surface area contributed by atoms with E-state index in [0.29, 0.717) is 6.42 Å². The number of hydrogen-bond acceptors (Lipinski definition) is 4. The third kappa shape index (κ3) is 3.00. The summed E-state index contributed by atoms with van der Waals surface area (Å²) in [4.78, 5) is 4.35. The monoisotopic (exact) mass is 227 g/mol. The molecule has 1 saturated heterocycles. The van der Waals surface area contributed by atoms with Crippen LogP contribution in [0.4, 0.5) is 0 Å². The molecule has 1 aliphatic heterocycles. The van der Waals surface area contributed by atoms with Gasteiger partial charge in [-0.3, -0.25) is 0 Å². The highest BCUT2D eigenvalue weighted by Gasteiger charge is 2.23. The molecule has 3 nitrogen and oxygen atoms in total. The van der Waals surface area contributed by atoms with Gasteiger partial charge >= 0.3 is 0 Å². The Morgan fingerprint density at radius 2 is 2.53 bits per heavy atom. The molecular formula is C11H17NO2S. The van der Waals surface area contributed by atoms with Crippen molar-refractivity contribution in [2.24, 2.45) is 0 Å². The summed E-state index contributed by atoms with van der Waals surface area (Å²) in [7, 11) is 0. The normalized spacial score (nSPS) is 24.0. The molecule has 4 heteroatoms. The van der Waals surface area contributed by atoms with Crippen LogP contribution < -0.4 is 0 Å². The van der Waals surface area contributed by atoms with E-state index in [1.165, 1.54) is 0 Å². The van der Waals surface area contributed by atoms with Crippen LogP contribution in [0.15, 0.2) is 5.38 Å². The summed E-state index contributed by atoms with van der Waals surface area (Å²) in [6.45, 7) is 2.77.